The summed E-state index contributed by atoms with van der Waals surface area (Å²) in [4.78, 5) is 40.2. The second kappa shape index (κ2) is 19.6. The molecule has 1 aliphatic rings. The van der Waals surface area contributed by atoms with Crippen LogP contribution in [0.25, 0.3) is 0 Å². The Kier molecular flexibility index (Phi) is 13.9. The molecule has 15 heteroatoms. The molecule has 0 spiro atoms. The number of carboxylic acid groups (broad SMARTS) is 1. The van der Waals surface area contributed by atoms with Crippen molar-refractivity contribution in [1.82, 2.24) is 20.7 Å². The van der Waals surface area contributed by atoms with Gasteiger partial charge in [-0.15, -0.1) is 0 Å². The predicted molar refractivity (Wildman–Crippen MR) is 209 cm³/mol. The van der Waals surface area contributed by atoms with E-state index >= 15 is 0 Å². The van der Waals surface area contributed by atoms with Crippen LogP contribution in [0.3, 0.4) is 0 Å². The molecule has 0 saturated carbocycles. The lowest BCUT2D eigenvalue weighted by atomic mass is 10.1. The number of aromatic carboxylic acids is 1. The average molecular weight is 799 g/mol. The third kappa shape index (κ3) is 11.2. The summed E-state index contributed by atoms with van der Waals surface area (Å²) in [6.45, 7) is 1.96. The highest BCUT2D eigenvalue weighted by atomic mass is 35.5. The van der Waals surface area contributed by atoms with E-state index in [1.807, 2.05) is 78.9 Å². The number of nitrogens with one attached hydrogen (secondary N) is 2. The molecule has 1 aliphatic heterocycles. The molecule has 1 saturated heterocycles. The molecule has 0 aliphatic carbocycles. The van der Waals surface area contributed by atoms with Crippen molar-refractivity contribution in [3.8, 4) is 23.0 Å². The molecule has 1 fully saturated rings. The highest BCUT2D eigenvalue weighted by Gasteiger charge is 2.30. The van der Waals surface area contributed by atoms with Gasteiger partial charge in [-0.3, -0.25) is 4.79 Å². The number of rotatable bonds is 18. The standard InChI is InChI=1S/C42H43ClN4O10/c1-52-32-12-8-28(9-13-32)24-54-36-17-16-34(38(43)39(36)55-25-29-10-14-33(53-2)15-11-29)40(48)44-21-31(45-42(51)56-26-27-6-4-3-5-7-27)23-47-19-18-30(22-47)35-20-37(41(49)50)57-46-35/h3-17,20,30-31H,18-19,21-26H2,1-2H3,(H,44,48)(H,45,51)(H,49,50)/t30-,31-/m1/s1. The van der Waals surface area contributed by atoms with Crippen molar-refractivity contribution < 1.29 is 47.7 Å². The molecule has 57 heavy (non-hydrogen) atoms. The lowest BCUT2D eigenvalue weighted by Crippen LogP contribution is -2.49. The summed E-state index contributed by atoms with van der Waals surface area (Å²) in [5.74, 6) is -0.0330. The fourth-order valence-corrected chi connectivity index (χ4v) is 6.56. The number of hydrogen-bond acceptors (Lipinski definition) is 11. The van der Waals surface area contributed by atoms with Gasteiger partial charge in [0.05, 0.1) is 36.5 Å². The minimum atomic E-state index is -1.19. The van der Waals surface area contributed by atoms with Gasteiger partial charge >= 0.3 is 12.1 Å². The number of carbonyl (C=O) groups is 3. The SMILES string of the molecule is COc1ccc(COc2ccc(C(=O)NC[C@H](CN3CC[C@@H](c4cc(C(=O)O)on4)C3)NC(=O)OCc3ccccc3)c(Cl)c2OCc2ccc(OC)cc2)cc1. The number of benzene rings is 4. The molecular weight excluding hydrogens is 756 g/mol. The van der Waals surface area contributed by atoms with E-state index in [1.54, 1.807) is 26.4 Å². The zero-order valence-corrected chi connectivity index (χ0v) is 32.2. The highest BCUT2D eigenvalue weighted by Crippen LogP contribution is 2.39. The average Bonchev–Trinajstić information content (AvgIpc) is 3.92. The smallest absolute Gasteiger partial charge is 0.407 e. The normalized spacial score (nSPS) is 14.3. The van der Waals surface area contributed by atoms with E-state index in [4.69, 9.17) is 39.8 Å². The second-order valence-corrected chi connectivity index (χ2v) is 13.7. The maximum Gasteiger partial charge on any atom is 0.407 e. The van der Waals surface area contributed by atoms with E-state index in [9.17, 15) is 19.5 Å². The number of methoxy groups -OCH3 is 2. The van der Waals surface area contributed by atoms with Crippen LogP contribution in [0, 0.1) is 0 Å². The van der Waals surface area contributed by atoms with Gasteiger partial charge in [0.1, 0.15) is 31.3 Å². The van der Waals surface area contributed by atoms with Gasteiger partial charge in [-0.2, -0.15) is 0 Å². The van der Waals surface area contributed by atoms with E-state index in [0.717, 1.165) is 22.4 Å². The molecule has 14 nitrogen and oxygen atoms in total. The number of hydrogen-bond donors (Lipinski definition) is 3. The van der Waals surface area contributed by atoms with E-state index in [0.29, 0.717) is 43.2 Å². The first-order valence-corrected chi connectivity index (χ1v) is 18.6. The second-order valence-electron chi connectivity index (χ2n) is 13.3. The number of halogens is 1. The van der Waals surface area contributed by atoms with Gasteiger partial charge in [0.2, 0.25) is 5.76 Å². The van der Waals surface area contributed by atoms with Crippen LogP contribution in [-0.4, -0.2) is 79.6 Å². The molecular formula is C42H43ClN4O10. The molecule has 3 N–H and O–H groups in total. The van der Waals surface area contributed by atoms with Crippen molar-refractivity contribution in [2.75, 3.05) is 40.4 Å². The van der Waals surface area contributed by atoms with E-state index in [1.165, 1.54) is 6.07 Å². The van der Waals surface area contributed by atoms with E-state index in [-0.39, 0.29) is 54.4 Å². The number of alkyl carbamates (subject to hydrolysis) is 1. The first-order chi connectivity index (χ1) is 27.7. The van der Waals surface area contributed by atoms with Crippen LogP contribution >= 0.6 is 11.6 Å². The van der Waals surface area contributed by atoms with Crippen molar-refractivity contribution in [3.05, 3.63) is 136 Å². The summed E-state index contributed by atoms with van der Waals surface area (Å²) in [7, 11) is 3.19. The van der Waals surface area contributed by atoms with Crippen molar-refractivity contribution in [1.29, 1.82) is 0 Å². The van der Waals surface area contributed by atoms with E-state index < -0.39 is 24.0 Å². The van der Waals surface area contributed by atoms with Crippen LogP contribution in [0.15, 0.2) is 102 Å². The zero-order valence-electron chi connectivity index (χ0n) is 31.4. The third-order valence-electron chi connectivity index (χ3n) is 9.35. The van der Waals surface area contributed by atoms with Gasteiger partial charge in [-0.1, -0.05) is 71.4 Å². The third-order valence-corrected chi connectivity index (χ3v) is 9.73. The fourth-order valence-electron chi connectivity index (χ4n) is 6.26. The highest BCUT2D eigenvalue weighted by molar-refractivity contribution is 6.35. The molecule has 1 aromatic heterocycles. The summed E-state index contributed by atoms with van der Waals surface area (Å²) >= 11 is 6.93. The molecule has 6 rings (SSSR count). The number of aromatic nitrogens is 1. The fraction of sp³-hybridized carbons (Fsp3) is 0.286. The number of likely N-dealkylation sites (tertiary alicyclic amines) is 1. The van der Waals surface area contributed by atoms with Gasteiger partial charge in [0.15, 0.2) is 11.5 Å². The van der Waals surface area contributed by atoms with Crippen molar-refractivity contribution >= 4 is 29.6 Å². The minimum absolute atomic E-state index is 0.0294. The van der Waals surface area contributed by atoms with Gasteiger partial charge in [0, 0.05) is 31.6 Å². The van der Waals surface area contributed by atoms with Crippen LogP contribution < -0.4 is 29.6 Å². The molecule has 298 valence electrons. The van der Waals surface area contributed by atoms with Crippen LogP contribution in [-0.2, 0) is 24.6 Å². The summed E-state index contributed by atoms with van der Waals surface area (Å²) in [5, 5.41) is 19.1. The van der Waals surface area contributed by atoms with E-state index in [2.05, 4.69) is 20.7 Å². The summed E-state index contributed by atoms with van der Waals surface area (Å²) in [5.41, 5.74) is 3.23. The largest absolute Gasteiger partial charge is 0.497 e. The lowest BCUT2D eigenvalue weighted by Gasteiger charge is -2.25. The maximum atomic E-state index is 13.8. The number of amides is 2. The molecule has 5 aromatic rings. The quantitative estimate of drug-likeness (QED) is 0.0857. The Morgan fingerprint density at radius 1 is 0.877 bits per heavy atom. The molecule has 0 bridgehead atoms. The topological polar surface area (TPSA) is 171 Å². The molecule has 0 unspecified atom stereocenters. The first kappa shape index (κ1) is 40.4. The van der Waals surface area contributed by atoms with Crippen LogP contribution in [0.1, 0.15) is 55.6 Å². The Morgan fingerprint density at radius 2 is 1.53 bits per heavy atom. The number of carboxylic acids is 1. The van der Waals surface area contributed by atoms with Gasteiger partial charge in [-0.05, 0) is 66.1 Å². The Morgan fingerprint density at radius 3 is 2.16 bits per heavy atom. The monoisotopic (exact) mass is 798 g/mol. The summed E-state index contributed by atoms with van der Waals surface area (Å²) < 4.78 is 33.4. The van der Waals surface area contributed by atoms with Crippen molar-refractivity contribution in [3.63, 3.8) is 0 Å². The van der Waals surface area contributed by atoms with Crippen molar-refractivity contribution in [2.45, 2.75) is 38.2 Å². The number of ether oxygens (including phenoxy) is 5. The molecule has 2 amide bonds. The molecule has 0 radical (unpaired) electrons. The minimum Gasteiger partial charge on any atom is -0.497 e. The van der Waals surface area contributed by atoms with Gasteiger partial charge in [0.25, 0.3) is 5.91 Å². The van der Waals surface area contributed by atoms with Crippen LogP contribution in [0.5, 0.6) is 23.0 Å². The maximum absolute atomic E-state index is 13.8. The number of carbonyl (C=O) groups excluding carboxylic acids is 2. The lowest BCUT2D eigenvalue weighted by molar-refractivity contribution is 0.0651. The number of nitrogens with zero attached hydrogens (tertiary/aromatic N) is 2. The van der Waals surface area contributed by atoms with Gasteiger partial charge < -0.3 is 48.8 Å². The van der Waals surface area contributed by atoms with Gasteiger partial charge in [-0.25, -0.2) is 9.59 Å². The molecule has 2 heterocycles. The predicted octanol–water partition coefficient (Wildman–Crippen LogP) is 6.72. The molecule has 4 aromatic carbocycles. The van der Waals surface area contributed by atoms with Crippen molar-refractivity contribution in [2.24, 2.45) is 0 Å². The molecule has 2 atom stereocenters. The Bertz CT molecular complexity index is 2110. The first-order valence-electron chi connectivity index (χ1n) is 18.2. The Hall–Kier alpha value is -6.25. The van der Waals surface area contributed by atoms with Crippen LogP contribution in [0.2, 0.25) is 5.02 Å². The van der Waals surface area contributed by atoms with Crippen LogP contribution in [0.4, 0.5) is 4.79 Å². The zero-order chi connectivity index (χ0) is 40.1. The summed E-state index contributed by atoms with van der Waals surface area (Å²) in [6, 6.07) is 28.1. The Balaban J connectivity index is 1.16. The summed E-state index contributed by atoms with van der Waals surface area (Å²) in [6.07, 6.45) is 0.0485. The Labute approximate surface area is 334 Å².